The van der Waals surface area contributed by atoms with Crippen LogP contribution in [0.5, 0.6) is 0 Å². The van der Waals surface area contributed by atoms with E-state index >= 15 is 0 Å². The number of benzene rings is 2. The Morgan fingerprint density at radius 1 is 0.806 bits per heavy atom. The molecular formula is C30H35F. The van der Waals surface area contributed by atoms with Crippen molar-refractivity contribution >= 4 is 0 Å². The van der Waals surface area contributed by atoms with E-state index in [0.29, 0.717) is 5.56 Å². The highest BCUT2D eigenvalue weighted by Gasteiger charge is 2.20. The maximum atomic E-state index is 14.6. The molecule has 2 aromatic carbocycles. The Morgan fingerprint density at radius 2 is 1.45 bits per heavy atom. The second-order valence-corrected chi connectivity index (χ2v) is 8.94. The molecule has 31 heavy (non-hydrogen) atoms. The van der Waals surface area contributed by atoms with Crippen molar-refractivity contribution in [2.75, 3.05) is 0 Å². The molecular weight excluding hydrogens is 379 g/mol. The molecule has 2 aromatic rings. The molecule has 0 radical (unpaired) electrons. The predicted octanol–water partition coefficient (Wildman–Crippen LogP) is 7.92. The van der Waals surface area contributed by atoms with Crippen LogP contribution in [-0.4, -0.2) is 0 Å². The molecule has 0 amide bonds. The monoisotopic (exact) mass is 414 g/mol. The molecule has 1 saturated carbocycles. The Morgan fingerprint density at radius 3 is 2.06 bits per heavy atom. The first kappa shape index (κ1) is 23.2. The van der Waals surface area contributed by atoms with E-state index in [2.05, 4.69) is 30.6 Å². The van der Waals surface area contributed by atoms with Gasteiger partial charge in [-0.2, -0.15) is 0 Å². The van der Waals surface area contributed by atoms with Crippen LogP contribution in [0.25, 0.3) is 0 Å². The van der Waals surface area contributed by atoms with Gasteiger partial charge in [0.25, 0.3) is 0 Å². The molecule has 1 aliphatic carbocycles. The Kier molecular flexibility index (Phi) is 9.24. The summed E-state index contributed by atoms with van der Waals surface area (Å²) in [6.07, 6.45) is 13.2. The topological polar surface area (TPSA) is 0 Å². The largest absolute Gasteiger partial charge is 0.206 e. The summed E-state index contributed by atoms with van der Waals surface area (Å²) in [5.74, 6) is 13.5. The van der Waals surface area contributed by atoms with Gasteiger partial charge in [0.1, 0.15) is 5.82 Å². The molecule has 0 bridgehead atoms. The van der Waals surface area contributed by atoms with E-state index in [1.165, 1.54) is 57.8 Å². The summed E-state index contributed by atoms with van der Waals surface area (Å²) in [4.78, 5) is 0. The smallest absolute Gasteiger partial charge is 0.139 e. The zero-order valence-electron chi connectivity index (χ0n) is 19.1. The van der Waals surface area contributed by atoms with Gasteiger partial charge in [-0.3, -0.25) is 0 Å². The maximum absolute atomic E-state index is 14.6. The molecule has 0 atom stereocenters. The zero-order chi connectivity index (χ0) is 21.9. The van der Waals surface area contributed by atoms with Crippen molar-refractivity contribution in [1.82, 2.24) is 0 Å². The number of hydrogen-bond acceptors (Lipinski definition) is 0. The fourth-order valence-electron chi connectivity index (χ4n) is 4.60. The fraction of sp³-hybridized carbons (Fsp3) is 0.467. The number of hydrogen-bond donors (Lipinski definition) is 0. The van der Waals surface area contributed by atoms with Crippen LogP contribution in [0, 0.1) is 41.3 Å². The molecule has 0 unspecified atom stereocenters. The van der Waals surface area contributed by atoms with Crippen molar-refractivity contribution in [3.8, 4) is 23.7 Å². The van der Waals surface area contributed by atoms with E-state index in [0.717, 1.165) is 34.9 Å². The van der Waals surface area contributed by atoms with Crippen molar-refractivity contribution in [2.45, 2.75) is 78.1 Å². The van der Waals surface area contributed by atoms with Gasteiger partial charge in [-0.1, -0.05) is 82.1 Å². The minimum atomic E-state index is -0.210. The molecule has 0 saturated heterocycles. The molecule has 0 aliphatic heterocycles. The predicted molar refractivity (Wildman–Crippen MR) is 129 cm³/mol. The molecule has 1 heteroatoms. The van der Waals surface area contributed by atoms with Gasteiger partial charge >= 0.3 is 0 Å². The zero-order valence-corrected chi connectivity index (χ0v) is 19.1. The van der Waals surface area contributed by atoms with Gasteiger partial charge in [-0.15, -0.1) is 5.92 Å². The molecule has 1 aliphatic rings. The Labute approximate surface area is 188 Å². The van der Waals surface area contributed by atoms with Gasteiger partial charge in [0.05, 0.1) is 5.56 Å². The number of unbranched alkanes of at least 4 members (excludes halogenated alkanes) is 2. The first-order chi connectivity index (χ1) is 15.2. The quantitative estimate of drug-likeness (QED) is 0.319. The average Bonchev–Trinajstić information content (AvgIpc) is 2.79. The van der Waals surface area contributed by atoms with Gasteiger partial charge < -0.3 is 0 Å². The van der Waals surface area contributed by atoms with E-state index in [9.17, 15) is 4.39 Å². The number of halogens is 1. The summed E-state index contributed by atoms with van der Waals surface area (Å²) in [5.41, 5.74) is 3.40. The van der Waals surface area contributed by atoms with E-state index in [1.54, 1.807) is 6.07 Å². The van der Waals surface area contributed by atoms with Crippen LogP contribution in [-0.2, 0) is 6.42 Å². The maximum Gasteiger partial charge on any atom is 0.139 e. The highest BCUT2D eigenvalue weighted by atomic mass is 19.1. The highest BCUT2D eigenvalue weighted by Crippen LogP contribution is 2.34. The van der Waals surface area contributed by atoms with Crippen LogP contribution in [0.15, 0.2) is 42.5 Å². The van der Waals surface area contributed by atoms with Gasteiger partial charge in [-0.25, -0.2) is 4.39 Å². The van der Waals surface area contributed by atoms with E-state index < -0.39 is 0 Å². The van der Waals surface area contributed by atoms with E-state index in [4.69, 9.17) is 0 Å². The highest BCUT2D eigenvalue weighted by molar-refractivity contribution is 5.46. The summed E-state index contributed by atoms with van der Waals surface area (Å²) in [5, 5.41) is 0. The van der Waals surface area contributed by atoms with E-state index in [1.807, 2.05) is 43.3 Å². The van der Waals surface area contributed by atoms with Crippen LogP contribution in [0.2, 0.25) is 0 Å². The first-order valence-electron chi connectivity index (χ1n) is 12.0. The van der Waals surface area contributed by atoms with Gasteiger partial charge in [0.2, 0.25) is 0 Å². The molecule has 1 fully saturated rings. The molecule has 0 spiro atoms. The SMILES string of the molecule is CC#Cc1ccc(C#Cc2ccc(CC[C@H]3CC[C@H](CCCCC)CC3)cc2F)cc1. The van der Waals surface area contributed by atoms with E-state index in [-0.39, 0.29) is 5.82 Å². The second kappa shape index (κ2) is 12.4. The molecule has 0 aromatic heterocycles. The van der Waals surface area contributed by atoms with Crippen molar-refractivity contribution in [3.63, 3.8) is 0 Å². The standard InChI is InChI=1S/C30H35F/c1-3-5-6-8-25-11-15-26(16-12-25)17-18-28-20-22-29(30(31)23-28)21-19-27-13-9-24(7-4-2)10-14-27/h9-10,13-14,20,22-23,25-26H,3,5-6,8,11-12,15-18H2,1-2H3/t25-,26-. The van der Waals surface area contributed by atoms with Gasteiger partial charge in [-0.05, 0) is 73.6 Å². The third kappa shape index (κ3) is 7.60. The molecule has 0 N–H and O–H groups in total. The summed E-state index contributed by atoms with van der Waals surface area (Å²) >= 11 is 0. The Bertz CT molecular complexity index is 938. The number of rotatable bonds is 7. The Balaban J connectivity index is 1.48. The summed E-state index contributed by atoms with van der Waals surface area (Å²) in [7, 11) is 0. The fourth-order valence-corrected chi connectivity index (χ4v) is 4.60. The van der Waals surface area contributed by atoms with Crippen molar-refractivity contribution < 1.29 is 4.39 Å². The summed E-state index contributed by atoms with van der Waals surface area (Å²) in [6, 6.07) is 13.3. The number of aryl methyl sites for hydroxylation is 1. The minimum Gasteiger partial charge on any atom is -0.206 e. The molecule has 162 valence electrons. The van der Waals surface area contributed by atoms with Crippen LogP contribution in [0.3, 0.4) is 0 Å². The second-order valence-electron chi connectivity index (χ2n) is 8.94. The normalized spacial score (nSPS) is 17.9. The lowest BCUT2D eigenvalue weighted by atomic mass is 9.78. The lowest BCUT2D eigenvalue weighted by Gasteiger charge is -2.28. The minimum absolute atomic E-state index is 0.210. The Hall–Kier alpha value is -2.51. The van der Waals surface area contributed by atoms with Gasteiger partial charge in [0.15, 0.2) is 0 Å². The lowest BCUT2D eigenvalue weighted by molar-refractivity contribution is 0.249. The van der Waals surface area contributed by atoms with Gasteiger partial charge in [0, 0.05) is 11.1 Å². The first-order valence-corrected chi connectivity index (χ1v) is 12.0. The average molecular weight is 415 g/mol. The van der Waals surface area contributed by atoms with Crippen molar-refractivity contribution in [1.29, 1.82) is 0 Å². The van der Waals surface area contributed by atoms with Crippen molar-refractivity contribution in [2.24, 2.45) is 11.8 Å². The molecule has 0 heterocycles. The van der Waals surface area contributed by atoms with Crippen LogP contribution in [0.4, 0.5) is 4.39 Å². The summed E-state index contributed by atoms with van der Waals surface area (Å²) in [6.45, 7) is 4.10. The third-order valence-electron chi connectivity index (χ3n) is 6.55. The lowest BCUT2D eigenvalue weighted by Crippen LogP contribution is -2.15. The van der Waals surface area contributed by atoms with Crippen molar-refractivity contribution in [3.05, 3.63) is 70.5 Å². The van der Waals surface area contributed by atoms with Crippen LogP contribution >= 0.6 is 0 Å². The van der Waals surface area contributed by atoms with Crippen LogP contribution in [0.1, 0.15) is 93.9 Å². The summed E-state index contributed by atoms with van der Waals surface area (Å²) < 4.78 is 14.6. The molecule has 0 nitrogen and oxygen atoms in total. The molecule has 3 rings (SSSR count). The van der Waals surface area contributed by atoms with Crippen LogP contribution < -0.4 is 0 Å². The third-order valence-corrected chi connectivity index (χ3v) is 6.55.